The van der Waals surface area contributed by atoms with E-state index in [1.807, 2.05) is 19.1 Å². The van der Waals surface area contributed by atoms with Crippen LogP contribution in [0.5, 0.6) is 5.75 Å². The molecule has 138 valence electrons. The van der Waals surface area contributed by atoms with Crippen LogP contribution in [0.2, 0.25) is 10.0 Å². The van der Waals surface area contributed by atoms with Gasteiger partial charge in [0.15, 0.2) is 6.10 Å². The van der Waals surface area contributed by atoms with Gasteiger partial charge >= 0.3 is 5.97 Å². The number of carbonyl (C=O) groups excluding carboxylic acids is 2. The molecule has 0 heterocycles. The van der Waals surface area contributed by atoms with Gasteiger partial charge in [-0.1, -0.05) is 40.9 Å². The molecule has 1 N–H and O–H groups in total. The molecule has 2 aromatic rings. The predicted octanol–water partition coefficient (Wildman–Crippen LogP) is 4.42. The molecule has 0 fully saturated rings. The first kappa shape index (κ1) is 20.1. The van der Waals surface area contributed by atoms with Crippen molar-refractivity contribution in [2.45, 2.75) is 26.4 Å². The maximum atomic E-state index is 12.2. The number of amides is 1. The van der Waals surface area contributed by atoms with Gasteiger partial charge in [0.25, 0.3) is 5.91 Å². The maximum Gasteiger partial charge on any atom is 0.311 e. The molecule has 0 saturated heterocycles. The highest BCUT2D eigenvalue weighted by atomic mass is 35.5. The van der Waals surface area contributed by atoms with Gasteiger partial charge in [-0.25, -0.2) is 0 Å². The molecule has 5 nitrogen and oxygen atoms in total. The quantitative estimate of drug-likeness (QED) is 0.734. The van der Waals surface area contributed by atoms with Crippen LogP contribution in [0, 0.1) is 6.92 Å². The number of anilines is 1. The van der Waals surface area contributed by atoms with Gasteiger partial charge in [0.1, 0.15) is 5.75 Å². The Morgan fingerprint density at radius 1 is 1.15 bits per heavy atom. The van der Waals surface area contributed by atoms with E-state index in [1.54, 1.807) is 18.2 Å². The number of ether oxygens (including phenoxy) is 2. The van der Waals surface area contributed by atoms with Crippen LogP contribution in [-0.4, -0.2) is 25.1 Å². The number of carbonyl (C=O) groups is 2. The van der Waals surface area contributed by atoms with Crippen molar-refractivity contribution in [3.8, 4) is 5.75 Å². The number of esters is 1. The molecule has 0 aromatic heterocycles. The summed E-state index contributed by atoms with van der Waals surface area (Å²) in [4.78, 5) is 24.4. The molecule has 26 heavy (non-hydrogen) atoms. The summed E-state index contributed by atoms with van der Waals surface area (Å²) in [6.07, 6.45) is -0.977. The Bertz CT molecular complexity index is 823. The highest BCUT2D eigenvalue weighted by Crippen LogP contribution is 2.25. The molecule has 0 aliphatic heterocycles. The van der Waals surface area contributed by atoms with Crippen molar-refractivity contribution in [2.24, 2.45) is 0 Å². The minimum absolute atomic E-state index is 0.00414. The zero-order valence-corrected chi connectivity index (χ0v) is 16.1. The van der Waals surface area contributed by atoms with E-state index in [4.69, 9.17) is 32.7 Å². The average Bonchev–Trinajstić information content (AvgIpc) is 2.57. The van der Waals surface area contributed by atoms with Gasteiger partial charge in [0.05, 0.1) is 24.2 Å². The van der Waals surface area contributed by atoms with Gasteiger partial charge in [-0.2, -0.15) is 0 Å². The topological polar surface area (TPSA) is 64.6 Å². The van der Waals surface area contributed by atoms with Gasteiger partial charge in [-0.05, 0) is 38.1 Å². The zero-order chi connectivity index (χ0) is 19.3. The zero-order valence-electron chi connectivity index (χ0n) is 14.6. The van der Waals surface area contributed by atoms with E-state index in [1.165, 1.54) is 20.1 Å². The normalized spacial score (nSPS) is 11.6. The van der Waals surface area contributed by atoms with Crippen LogP contribution in [0.4, 0.5) is 5.69 Å². The van der Waals surface area contributed by atoms with Crippen LogP contribution in [-0.2, 0) is 20.7 Å². The van der Waals surface area contributed by atoms with Gasteiger partial charge < -0.3 is 14.8 Å². The third-order valence-corrected chi connectivity index (χ3v) is 4.18. The van der Waals surface area contributed by atoms with E-state index < -0.39 is 18.0 Å². The number of rotatable bonds is 6. The van der Waals surface area contributed by atoms with Crippen LogP contribution in [0.1, 0.15) is 18.1 Å². The van der Waals surface area contributed by atoms with Gasteiger partial charge in [0, 0.05) is 10.6 Å². The second-order valence-electron chi connectivity index (χ2n) is 5.74. The van der Waals surface area contributed by atoms with Crippen LogP contribution >= 0.6 is 23.2 Å². The third-order valence-electron chi connectivity index (χ3n) is 3.64. The Hall–Kier alpha value is -2.24. The van der Waals surface area contributed by atoms with E-state index in [0.717, 1.165) is 5.56 Å². The van der Waals surface area contributed by atoms with Crippen molar-refractivity contribution in [2.75, 3.05) is 12.4 Å². The SMILES string of the molecule is COc1ccc(C)cc1CC(=O)O[C@@H](C)C(=O)Nc1ccc(Cl)cc1Cl. The standard InChI is InChI=1S/C19H19Cl2NO4/c1-11-4-7-17(25-3)13(8-11)9-18(23)26-12(2)19(24)22-16-6-5-14(20)10-15(16)21/h4-8,10,12H,9H2,1-3H3,(H,22,24)/t12-/m0/s1. The molecule has 0 radical (unpaired) electrons. The summed E-state index contributed by atoms with van der Waals surface area (Å²) in [5.41, 5.74) is 2.09. The summed E-state index contributed by atoms with van der Waals surface area (Å²) in [5.74, 6) is -0.421. The number of halogens is 2. The van der Waals surface area contributed by atoms with Crippen molar-refractivity contribution < 1.29 is 19.1 Å². The highest BCUT2D eigenvalue weighted by molar-refractivity contribution is 6.36. The fourth-order valence-corrected chi connectivity index (χ4v) is 2.77. The number of benzene rings is 2. The molecule has 0 spiro atoms. The van der Waals surface area contributed by atoms with Crippen LogP contribution < -0.4 is 10.1 Å². The second kappa shape index (κ2) is 8.92. The smallest absolute Gasteiger partial charge is 0.311 e. The second-order valence-corrected chi connectivity index (χ2v) is 6.58. The molecule has 0 unspecified atom stereocenters. The van der Waals surface area contributed by atoms with E-state index in [0.29, 0.717) is 27.0 Å². The Kier molecular flexibility index (Phi) is 6.89. The fraction of sp³-hybridized carbons (Fsp3) is 0.263. The molecule has 7 heteroatoms. The van der Waals surface area contributed by atoms with E-state index >= 15 is 0 Å². The Labute approximate surface area is 162 Å². The maximum absolute atomic E-state index is 12.2. The number of aryl methyl sites for hydroxylation is 1. The monoisotopic (exact) mass is 395 g/mol. The molecule has 0 aliphatic carbocycles. The van der Waals surface area contributed by atoms with Crippen LogP contribution in [0.3, 0.4) is 0 Å². The van der Waals surface area contributed by atoms with Gasteiger partial charge in [-0.15, -0.1) is 0 Å². The minimum Gasteiger partial charge on any atom is -0.496 e. The Morgan fingerprint density at radius 3 is 2.54 bits per heavy atom. The first-order chi connectivity index (χ1) is 12.3. The lowest BCUT2D eigenvalue weighted by Crippen LogP contribution is -2.30. The largest absolute Gasteiger partial charge is 0.496 e. The number of hydrogen-bond donors (Lipinski definition) is 1. The molecule has 0 aliphatic rings. The lowest BCUT2D eigenvalue weighted by Gasteiger charge is -2.15. The highest BCUT2D eigenvalue weighted by Gasteiger charge is 2.20. The van der Waals surface area contributed by atoms with Gasteiger partial charge in [0.2, 0.25) is 0 Å². The van der Waals surface area contributed by atoms with Crippen molar-refractivity contribution >= 4 is 40.8 Å². The minimum atomic E-state index is -0.981. The summed E-state index contributed by atoms with van der Waals surface area (Å²) >= 11 is 11.8. The summed E-state index contributed by atoms with van der Waals surface area (Å²) in [5, 5.41) is 3.36. The first-order valence-electron chi connectivity index (χ1n) is 7.89. The predicted molar refractivity (Wildman–Crippen MR) is 102 cm³/mol. The molecular weight excluding hydrogens is 377 g/mol. The van der Waals surface area contributed by atoms with E-state index in [9.17, 15) is 9.59 Å². The number of methoxy groups -OCH3 is 1. The molecule has 0 saturated carbocycles. The lowest BCUT2D eigenvalue weighted by atomic mass is 10.1. The molecule has 2 aromatic carbocycles. The van der Waals surface area contributed by atoms with Gasteiger partial charge in [-0.3, -0.25) is 9.59 Å². The summed E-state index contributed by atoms with van der Waals surface area (Å²) in [6, 6.07) is 10.2. The fourth-order valence-electron chi connectivity index (χ4n) is 2.32. The molecular formula is C19H19Cl2NO4. The Balaban J connectivity index is 1.98. The summed E-state index contributed by atoms with van der Waals surface area (Å²) in [7, 11) is 1.53. The van der Waals surface area contributed by atoms with Crippen molar-refractivity contribution in [1.82, 2.24) is 0 Å². The third kappa shape index (κ3) is 5.38. The van der Waals surface area contributed by atoms with E-state index in [-0.39, 0.29) is 6.42 Å². The van der Waals surface area contributed by atoms with Crippen molar-refractivity contribution in [3.63, 3.8) is 0 Å². The lowest BCUT2D eigenvalue weighted by molar-refractivity contribution is -0.152. The van der Waals surface area contributed by atoms with Crippen LogP contribution in [0.25, 0.3) is 0 Å². The first-order valence-corrected chi connectivity index (χ1v) is 8.64. The number of nitrogens with one attached hydrogen (secondary N) is 1. The van der Waals surface area contributed by atoms with Crippen molar-refractivity contribution in [1.29, 1.82) is 0 Å². The molecule has 0 bridgehead atoms. The van der Waals surface area contributed by atoms with Crippen LogP contribution in [0.15, 0.2) is 36.4 Å². The van der Waals surface area contributed by atoms with Crippen molar-refractivity contribution in [3.05, 3.63) is 57.6 Å². The summed E-state index contributed by atoms with van der Waals surface area (Å²) in [6.45, 7) is 3.41. The summed E-state index contributed by atoms with van der Waals surface area (Å²) < 4.78 is 10.5. The molecule has 1 amide bonds. The Morgan fingerprint density at radius 2 is 1.88 bits per heavy atom. The molecule has 1 atom stereocenters. The number of hydrogen-bond acceptors (Lipinski definition) is 4. The van der Waals surface area contributed by atoms with E-state index in [2.05, 4.69) is 5.32 Å². The average molecular weight is 396 g/mol. The molecule has 2 rings (SSSR count).